The van der Waals surface area contributed by atoms with Crippen molar-refractivity contribution in [3.8, 4) is 0 Å². The van der Waals surface area contributed by atoms with Crippen molar-refractivity contribution in [2.75, 3.05) is 4.72 Å². The van der Waals surface area contributed by atoms with Crippen molar-refractivity contribution < 1.29 is 13.2 Å². The molecule has 3 N–H and O–H groups in total. The summed E-state index contributed by atoms with van der Waals surface area (Å²) in [4.78, 5) is 11.3. The molecule has 0 unspecified atom stereocenters. The maximum atomic E-state index is 12.6. The van der Waals surface area contributed by atoms with Crippen LogP contribution in [0.1, 0.15) is 10.4 Å². The summed E-state index contributed by atoms with van der Waals surface area (Å²) in [6, 6.07) is 14.6. The lowest BCUT2D eigenvalue weighted by molar-refractivity contribution is 0.100. The van der Waals surface area contributed by atoms with Crippen molar-refractivity contribution >= 4 is 66.6 Å². The molecular weight excluding hydrogens is 475 g/mol. The quantitative estimate of drug-likeness (QED) is 0.546. The largest absolute Gasteiger partial charge is 0.366 e. The van der Waals surface area contributed by atoms with E-state index in [9.17, 15) is 13.2 Å². The number of amides is 1. The predicted octanol–water partition coefficient (Wildman–Crippen LogP) is 4.00. The van der Waals surface area contributed by atoms with E-state index in [1.165, 1.54) is 12.1 Å². The molecule has 8 heteroatoms. The van der Waals surface area contributed by atoms with Gasteiger partial charge in [0.05, 0.1) is 4.90 Å². The Morgan fingerprint density at radius 2 is 1.68 bits per heavy atom. The molecule has 3 rings (SSSR count). The van der Waals surface area contributed by atoms with Gasteiger partial charge in [0.1, 0.15) is 0 Å². The molecule has 0 heterocycles. The fourth-order valence-electron chi connectivity index (χ4n) is 2.36. The molecule has 0 bridgehead atoms. The first-order chi connectivity index (χ1) is 11.7. The summed E-state index contributed by atoms with van der Waals surface area (Å²) in [6.07, 6.45) is 0. The Balaban J connectivity index is 1.96. The SMILES string of the molecule is NC(=O)c1ccc2cc(NS(=O)(=O)c3cc(Cl)cc(I)c3)ccc2c1. The van der Waals surface area contributed by atoms with Gasteiger partial charge in [-0.1, -0.05) is 23.7 Å². The lowest BCUT2D eigenvalue weighted by Gasteiger charge is -2.10. The van der Waals surface area contributed by atoms with E-state index in [1.54, 1.807) is 42.5 Å². The number of anilines is 1. The summed E-state index contributed by atoms with van der Waals surface area (Å²) in [5, 5.41) is 1.92. The Bertz CT molecular complexity index is 1080. The van der Waals surface area contributed by atoms with Gasteiger partial charge in [-0.25, -0.2) is 8.42 Å². The number of halogens is 2. The average Bonchev–Trinajstić information content (AvgIpc) is 2.53. The van der Waals surface area contributed by atoms with Crippen molar-refractivity contribution in [2.24, 2.45) is 5.73 Å². The molecule has 1 amide bonds. The number of fused-ring (bicyclic) bond motifs is 1. The van der Waals surface area contributed by atoms with E-state index < -0.39 is 15.9 Å². The van der Waals surface area contributed by atoms with Gasteiger partial charge in [0, 0.05) is 19.8 Å². The first-order valence-electron chi connectivity index (χ1n) is 7.07. The molecule has 25 heavy (non-hydrogen) atoms. The first-order valence-corrected chi connectivity index (χ1v) is 10.0. The number of hydrogen-bond acceptors (Lipinski definition) is 3. The van der Waals surface area contributed by atoms with E-state index in [-0.39, 0.29) is 4.90 Å². The van der Waals surface area contributed by atoms with Gasteiger partial charge in [-0.3, -0.25) is 9.52 Å². The second-order valence-electron chi connectivity index (χ2n) is 5.35. The smallest absolute Gasteiger partial charge is 0.261 e. The molecule has 0 saturated heterocycles. The van der Waals surface area contributed by atoms with Crippen LogP contribution in [0, 0.1) is 3.57 Å². The van der Waals surface area contributed by atoms with Crippen molar-refractivity contribution in [2.45, 2.75) is 4.90 Å². The van der Waals surface area contributed by atoms with E-state index in [4.69, 9.17) is 17.3 Å². The second-order valence-corrected chi connectivity index (χ2v) is 8.72. The van der Waals surface area contributed by atoms with Crippen LogP contribution in [0.5, 0.6) is 0 Å². The zero-order valence-corrected chi connectivity index (χ0v) is 16.4. The highest BCUT2D eigenvalue weighted by molar-refractivity contribution is 14.1. The topological polar surface area (TPSA) is 89.3 Å². The van der Waals surface area contributed by atoms with Crippen molar-refractivity contribution in [3.63, 3.8) is 0 Å². The van der Waals surface area contributed by atoms with Gasteiger partial charge < -0.3 is 5.73 Å². The molecule has 0 aromatic heterocycles. The van der Waals surface area contributed by atoms with Crippen molar-refractivity contribution in [1.29, 1.82) is 0 Å². The van der Waals surface area contributed by atoms with E-state index >= 15 is 0 Å². The Labute approximate surface area is 163 Å². The molecule has 0 radical (unpaired) electrons. The van der Waals surface area contributed by atoms with Crippen LogP contribution >= 0.6 is 34.2 Å². The zero-order chi connectivity index (χ0) is 18.2. The summed E-state index contributed by atoms with van der Waals surface area (Å²) in [5.41, 5.74) is 6.07. The van der Waals surface area contributed by atoms with Crippen LogP contribution in [-0.4, -0.2) is 14.3 Å². The Kier molecular flexibility index (Phi) is 4.90. The number of sulfonamides is 1. The molecule has 0 aliphatic carbocycles. The minimum Gasteiger partial charge on any atom is -0.366 e. The molecule has 0 saturated carbocycles. The molecule has 5 nitrogen and oxygen atoms in total. The minimum atomic E-state index is -3.76. The fourth-order valence-corrected chi connectivity index (χ4v) is 4.85. The Hall–Kier alpha value is -1.84. The van der Waals surface area contributed by atoms with Gasteiger partial charge in [0.2, 0.25) is 5.91 Å². The molecular formula is C17H12ClIN2O3S. The molecule has 0 fully saturated rings. The monoisotopic (exact) mass is 486 g/mol. The van der Waals surface area contributed by atoms with Crippen LogP contribution in [0.25, 0.3) is 10.8 Å². The van der Waals surface area contributed by atoms with E-state index in [1.807, 2.05) is 22.6 Å². The molecule has 0 spiro atoms. The molecule has 3 aromatic carbocycles. The molecule has 128 valence electrons. The molecule has 0 atom stereocenters. The maximum Gasteiger partial charge on any atom is 0.261 e. The summed E-state index contributed by atoms with van der Waals surface area (Å²) in [5.74, 6) is -0.512. The summed E-state index contributed by atoms with van der Waals surface area (Å²) < 4.78 is 28.4. The third-order valence-corrected chi connectivity index (χ3v) is 5.73. The van der Waals surface area contributed by atoms with E-state index in [0.29, 0.717) is 16.3 Å². The number of hydrogen-bond donors (Lipinski definition) is 2. The number of primary amides is 1. The zero-order valence-electron chi connectivity index (χ0n) is 12.7. The number of rotatable bonds is 4. The number of nitrogens with one attached hydrogen (secondary N) is 1. The lowest BCUT2D eigenvalue weighted by atomic mass is 10.1. The summed E-state index contributed by atoms with van der Waals surface area (Å²) in [7, 11) is -3.76. The van der Waals surface area contributed by atoms with Crippen LogP contribution < -0.4 is 10.5 Å². The van der Waals surface area contributed by atoms with Crippen LogP contribution in [0.2, 0.25) is 5.02 Å². The van der Waals surface area contributed by atoms with Crippen LogP contribution in [0.4, 0.5) is 5.69 Å². The van der Waals surface area contributed by atoms with Crippen LogP contribution in [-0.2, 0) is 10.0 Å². The Morgan fingerprint density at radius 1 is 1.00 bits per heavy atom. The van der Waals surface area contributed by atoms with Crippen molar-refractivity contribution in [1.82, 2.24) is 0 Å². The number of nitrogens with two attached hydrogens (primary N) is 1. The van der Waals surface area contributed by atoms with Gasteiger partial charge in [-0.2, -0.15) is 0 Å². The number of carbonyl (C=O) groups is 1. The van der Waals surface area contributed by atoms with Crippen LogP contribution in [0.3, 0.4) is 0 Å². The van der Waals surface area contributed by atoms with Crippen molar-refractivity contribution in [3.05, 3.63) is 68.8 Å². The summed E-state index contributed by atoms with van der Waals surface area (Å²) >= 11 is 7.95. The third-order valence-electron chi connectivity index (χ3n) is 3.52. The number of benzene rings is 3. The second kappa shape index (κ2) is 6.81. The maximum absolute atomic E-state index is 12.6. The molecule has 3 aromatic rings. The average molecular weight is 487 g/mol. The first kappa shape index (κ1) is 18.0. The van der Waals surface area contributed by atoms with Crippen LogP contribution in [0.15, 0.2) is 59.5 Å². The Morgan fingerprint density at radius 3 is 2.36 bits per heavy atom. The van der Waals surface area contributed by atoms with Gasteiger partial charge in [0.15, 0.2) is 0 Å². The minimum absolute atomic E-state index is 0.0913. The summed E-state index contributed by atoms with van der Waals surface area (Å²) in [6.45, 7) is 0. The number of carbonyl (C=O) groups excluding carboxylic acids is 1. The fraction of sp³-hybridized carbons (Fsp3) is 0. The van der Waals surface area contributed by atoms with Gasteiger partial charge in [-0.05, 0) is 75.8 Å². The third kappa shape index (κ3) is 4.05. The standard InChI is InChI=1S/C17H12ClIN2O3S/c18-13-7-14(19)9-16(8-13)25(23,24)21-15-4-3-10-5-12(17(20)22)2-1-11(10)6-15/h1-9,21H,(H2,20,22). The highest BCUT2D eigenvalue weighted by Crippen LogP contribution is 2.25. The molecule has 0 aliphatic rings. The predicted molar refractivity (Wildman–Crippen MR) is 107 cm³/mol. The normalized spacial score (nSPS) is 11.4. The van der Waals surface area contributed by atoms with Gasteiger partial charge in [0.25, 0.3) is 10.0 Å². The van der Waals surface area contributed by atoms with E-state index in [0.717, 1.165) is 14.3 Å². The van der Waals surface area contributed by atoms with E-state index in [2.05, 4.69) is 4.72 Å². The van der Waals surface area contributed by atoms with Gasteiger partial charge in [-0.15, -0.1) is 0 Å². The van der Waals surface area contributed by atoms with Gasteiger partial charge >= 0.3 is 0 Å². The highest BCUT2D eigenvalue weighted by Gasteiger charge is 2.16. The lowest BCUT2D eigenvalue weighted by Crippen LogP contribution is -2.13. The highest BCUT2D eigenvalue weighted by atomic mass is 127. The molecule has 0 aliphatic heterocycles.